The minimum Gasteiger partial charge on any atom is -0.462 e. The maximum absolute atomic E-state index is 12.6. The van der Waals surface area contributed by atoms with Crippen molar-refractivity contribution in [2.75, 3.05) is 35.2 Å². The van der Waals surface area contributed by atoms with Gasteiger partial charge in [0.25, 0.3) is 15.9 Å². The van der Waals surface area contributed by atoms with Crippen molar-refractivity contribution in [1.29, 1.82) is 5.26 Å². The molecule has 43 heavy (non-hydrogen) atoms. The smallest absolute Gasteiger partial charge is 0.339 e. The van der Waals surface area contributed by atoms with E-state index in [2.05, 4.69) is 15.9 Å². The summed E-state index contributed by atoms with van der Waals surface area (Å²) in [4.78, 5) is 16.9. The van der Waals surface area contributed by atoms with E-state index < -0.39 is 21.8 Å². The highest BCUT2D eigenvalue weighted by Gasteiger charge is 2.31. The number of nitriles is 1. The monoisotopic (exact) mass is 646 g/mol. The summed E-state index contributed by atoms with van der Waals surface area (Å²) in [5.41, 5.74) is 3.87. The molecule has 0 amide bonds. The molecule has 3 aromatic rings. The van der Waals surface area contributed by atoms with Crippen LogP contribution in [0.4, 0.5) is 11.4 Å². The van der Waals surface area contributed by atoms with E-state index in [0.29, 0.717) is 35.7 Å². The number of carbonyl (C=O) groups excluding carboxylic acids is 1. The van der Waals surface area contributed by atoms with Gasteiger partial charge in [0, 0.05) is 37.7 Å². The molecule has 10 nitrogen and oxygen atoms in total. The van der Waals surface area contributed by atoms with E-state index in [1.165, 1.54) is 0 Å². The maximum Gasteiger partial charge on any atom is 0.339 e. The third kappa shape index (κ3) is 6.53. The number of allylic oxidation sites excluding steroid dienone is 2. The first-order valence-electron chi connectivity index (χ1n) is 14.0. The van der Waals surface area contributed by atoms with Gasteiger partial charge < -0.3 is 14.5 Å². The topological polar surface area (TPSA) is 120 Å². The molecule has 0 saturated heterocycles. The number of carbonyl (C=O) groups is 1. The molecule has 2 heterocycles. The summed E-state index contributed by atoms with van der Waals surface area (Å²) in [6.45, 7) is 10.1. The summed E-state index contributed by atoms with van der Waals surface area (Å²) in [7, 11) is -4.16. The van der Waals surface area contributed by atoms with E-state index in [1.807, 2.05) is 54.2 Å². The molecule has 0 radical (unpaired) electrons. The Labute approximate surface area is 261 Å². The van der Waals surface area contributed by atoms with Crippen molar-refractivity contribution in [2.45, 2.75) is 47.2 Å². The predicted octanol–water partition coefficient (Wildman–Crippen LogP) is 5.80. The molecule has 1 N–H and O–H groups in total. The van der Waals surface area contributed by atoms with Gasteiger partial charge in [-0.3, -0.25) is 4.55 Å². The van der Waals surface area contributed by atoms with Gasteiger partial charge in [0.2, 0.25) is 0 Å². The molecule has 0 saturated carbocycles. The number of benzene rings is 2. The van der Waals surface area contributed by atoms with E-state index >= 15 is 0 Å². The lowest BCUT2D eigenvalue weighted by molar-refractivity contribution is -0.673. The number of esters is 1. The second kappa shape index (κ2) is 13.4. The van der Waals surface area contributed by atoms with Crippen LogP contribution in [-0.2, 0) is 27.9 Å². The van der Waals surface area contributed by atoms with Crippen molar-refractivity contribution in [2.24, 2.45) is 0 Å². The van der Waals surface area contributed by atoms with Crippen LogP contribution < -0.4 is 14.4 Å². The summed E-state index contributed by atoms with van der Waals surface area (Å²) in [6, 6.07) is 9.14. The third-order valence-electron chi connectivity index (χ3n) is 7.24. The number of imidazole rings is 1. The van der Waals surface area contributed by atoms with E-state index in [-0.39, 0.29) is 30.2 Å². The van der Waals surface area contributed by atoms with Gasteiger partial charge in [-0.1, -0.05) is 29.3 Å². The Bertz CT molecular complexity index is 1780. The Balaban J connectivity index is 1.84. The highest BCUT2D eigenvalue weighted by atomic mass is 35.5. The molecule has 13 heteroatoms. The zero-order valence-electron chi connectivity index (χ0n) is 24.5. The number of aromatic nitrogens is 2. The fraction of sp³-hybridized carbons (Fsp3) is 0.367. The number of nitrogens with zero attached hydrogens (tertiary/aromatic N) is 5. The zero-order chi connectivity index (χ0) is 31.5. The third-order valence-corrected chi connectivity index (χ3v) is 8.67. The Kier molecular flexibility index (Phi) is 10.1. The molecular formula is C30H34Cl2N5O5S+. The molecular weight excluding hydrogens is 613 g/mol. The Morgan fingerprint density at radius 1 is 1.05 bits per heavy atom. The van der Waals surface area contributed by atoms with Crippen molar-refractivity contribution in [3.63, 3.8) is 0 Å². The van der Waals surface area contributed by atoms with E-state index in [9.17, 15) is 23.0 Å². The van der Waals surface area contributed by atoms with Gasteiger partial charge in [0.15, 0.2) is 11.0 Å². The van der Waals surface area contributed by atoms with Crippen LogP contribution in [0.2, 0.25) is 10.0 Å². The van der Waals surface area contributed by atoms with Gasteiger partial charge in [0.05, 0.1) is 58.0 Å². The van der Waals surface area contributed by atoms with Crippen LogP contribution in [0.25, 0.3) is 17.1 Å². The standard InChI is InChI=1S/C30H33Cl2N5O5S/c1-5-34-24-15-20(19-33)22(31)17-26(24)35(6-2)28(34)11-9-12-29-36(7-3)27-18-23(32)21(30(38)42-8-4)16-25(27)37(29)13-10-14-43(39,40)41/h9,11-12,15-18H,5-8,10,13-14H2,1-4H3/p+1. The number of anilines is 2. The van der Waals surface area contributed by atoms with Crippen LogP contribution in [0.3, 0.4) is 0 Å². The predicted molar refractivity (Wildman–Crippen MR) is 169 cm³/mol. The number of hydrogen-bond donors (Lipinski definition) is 1. The Morgan fingerprint density at radius 2 is 1.72 bits per heavy atom. The minimum absolute atomic E-state index is 0.149. The van der Waals surface area contributed by atoms with Crippen molar-refractivity contribution >= 4 is 67.8 Å². The fourth-order valence-electron chi connectivity index (χ4n) is 5.42. The highest BCUT2D eigenvalue weighted by Crippen LogP contribution is 2.44. The average molecular weight is 648 g/mol. The van der Waals surface area contributed by atoms with Gasteiger partial charge in [-0.2, -0.15) is 13.7 Å². The second-order valence-corrected chi connectivity index (χ2v) is 12.1. The summed E-state index contributed by atoms with van der Waals surface area (Å²) in [5, 5.41) is 10.2. The van der Waals surface area contributed by atoms with Crippen LogP contribution in [-0.4, -0.2) is 49.0 Å². The molecule has 0 aliphatic carbocycles. The molecule has 0 spiro atoms. The SMILES string of the molecule is CCOC(=O)c1cc2c(cc1Cl)n(CC)c(C=CC=C1N(CC)c3cc(Cl)c(C#N)cc3N1CC)[n+]2CCCS(=O)(=O)O. The van der Waals surface area contributed by atoms with E-state index in [1.54, 1.807) is 25.1 Å². The first kappa shape index (κ1) is 32.4. The van der Waals surface area contributed by atoms with Crippen LogP contribution in [0.5, 0.6) is 0 Å². The number of hydrogen-bond acceptors (Lipinski definition) is 7. The number of halogens is 2. The number of rotatable bonds is 11. The molecule has 2 aromatic carbocycles. The molecule has 0 atom stereocenters. The largest absolute Gasteiger partial charge is 0.462 e. The molecule has 0 bridgehead atoms. The van der Waals surface area contributed by atoms with Crippen molar-refractivity contribution in [1.82, 2.24) is 4.57 Å². The summed E-state index contributed by atoms with van der Waals surface area (Å²) in [6.07, 6.45) is 5.95. The van der Waals surface area contributed by atoms with Crippen LogP contribution in [0.1, 0.15) is 55.9 Å². The molecule has 228 valence electrons. The normalized spacial score (nSPS) is 14.2. The molecule has 4 rings (SSSR count). The molecule has 1 aliphatic heterocycles. The number of ether oxygens (including phenoxy) is 1. The van der Waals surface area contributed by atoms with Crippen molar-refractivity contribution in [3.8, 4) is 6.07 Å². The minimum atomic E-state index is -4.16. The first-order valence-corrected chi connectivity index (χ1v) is 16.4. The zero-order valence-corrected chi connectivity index (χ0v) is 26.8. The average Bonchev–Trinajstić information content (AvgIpc) is 3.40. The van der Waals surface area contributed by atoms with Crippen molar-refractivity contribution in [3.05, 3.63) is 69.2 Å². The highest BCUT2D eigenvalue weighted by molar-refractivity contribution is 7.85. The van der Waals surface area contributed by atoms with Gasteiger partial charge in [-0.05, 0) is 45.9 Å². The van der Waals surface area contributed by atoms with E-state index in [4.69, 9.17) is 27.9 Å². The number of aryl methyl sites for hydroxylation is 2. The maximum atomic E-state index is 12.6. The molecule has 1 aliphatic rings. The van der Waals surface area contributed by atoms with Crippen LogP contribution >= 0.6 is 23.2 Å². The van der Waals surface area contributed by atoms with Gasteiger partial charge in [-0.25, -0.2) is 13.9 Å². The lowest BCUT2D eigenvalue weighted by Gasteiger charge is -2.23. The van der Waals surface area contributed by atoms with Gasteiger partial charge >= 0.3 is 5.97 Å². The Hall–Kier alpha value is -3.56. The lowest BCUT2D eigenvalue weighted by Crippen LogP contribution is -2.37. The second-order valence-electron chi connectivity index (χ2n) is 9.74. The number of fused-ring (bicyclic) bond motifs is 2. The van der Waals surface area contributed by atoms with Gasteiger partial charge in [-0.15, -0.1) is 0 Å². The molecule has 0 unspecified atom stereocenters. The van der Waals surface area contributed by atoms with Crippen LogP contribution in [0.15, 0.2) is 42.2 Å². The molecule has 0 fully saturated rings. The lowest BCUT2D eigenvalue weighted by atomic mass is 10.2. The quantitative estimate of drug-likeness (QED) is 0.158. The summed E-state index contributed by atoms with van der Waals surface area (Å²) < 4.78 is 41.5. The first-order chi connectivity index (χ1) is 20.5. The van der Waals surface area contributed by atoms with Gasteiger partial charge in [0.1, 0.15) is 11.9 Å². The fourth-order valence-corrected chi connectivity index (χ4v) is 6.35. The summed E-state index contributed by atoms with van der Waals surface area (Å²) in [5.74, 6) is 0.697. The molecule has 1 aromatic heterocycles. The Morgan fingerprint density at radius 3 is 2.30 bits per heavy atom. The van der Waals surface area contributed by atoms with Crippen LogP contribution in [0, 0.1) is 11.3 Å². The summed E-state index contributed by atoms with van der Waals surface area (Å²) >= 11 is 12.9. The van der Waals surface area contributed by atoms with Crippen molar-refractivity contribution < 1.29 is 27.1 Å². The van der Waals surface area contributed by atoms with E-state index in [0.717, 1.165) is 28.5 Å².